The fraction of sp³-hybridized carbons (Fsp3) is 0.222. The lowest BCUT2D eigenvalue weighted by Gasteiger charge is -2.37. The second-order valence-corrected chi connectivity index (χ2v) is 6.72. The van der Waals surface area contributed by atoms with Crippen molar-refractivity contribution in [3.8, 4) is 0 Å². The van der Waals surface area contributed by atoms with E-state index in [9.17, 15) is 4.39 Å². The van der Waals surface area contributed by atoms with E-state index in [2.05, 4.69) is 27.6 Å². The summed E-state index contributed by atoms with van der Waals surface area (Å²) in [7, 11) is 0. The summed E-state index contributed by atoms with van der Waals surface area (Å²) in [6.45, 7) is 3.01. The van der Waals surface area contributed by atoms with Crippen LogP contribution in [-0.4, -0.2) is 37.5 Å². The zero-order valence-electron chi connectivity index (χ0n) is 14.0. The Hall–Kier alpha value is -2.38. The molecular weight excluding hydrogens is 373 g/mol. The minimum atomic E-state index is -0.282. The molecule has 0 spiro atoms. The number of nitrogens with zero attached hydrogens (tertiary/aromatic N) is 3. The summed E-state index contributed by atoms with van der Waals surface area (Å²) < 4.78 is 14.5. The van der Waals surface area contributed by atoms with Gasteiger partial charge in [0, 0.05) is 26.2 Å². The van der Waals surface area contributed by atoms with Crippen LogP contribution in [0.1, 0.15) is 5.56 Å². The molecule has 0 radical (unpaired) electrons. The fourth-order valence-electron chi connectivity index (χ4n) is 2.93. The van der Waals surface area contributed by atoms with Gasteiger partial charge in [0.05, 0.1) is 22.6 Å². The summed E-state index contributed by atoms with van der Waals surface area (Å²) >= 11 is 10.9. The minimum absolute atomic E-state index is 0.0646. The summed E-state index contributed by atoms with van der Waals surface area (Å²) in [5, 5.41) is 4.64. The zero-order valence-corrected chi connectivity index (χ0v) is 15.6. The topological polar surface area (TPSA) is 56.9 Å². The van der Waals surface area contributed by atoms with Gasteiger partial charge in [0.2, 0.25) is 0 Å². The van der Waals surface area contributed by atoms with E-state index in [0.717, 1.165) is 36.9 Å². The maximum atomic E-state index is 14.5. The van der Waals surface area contributed by atoms with Gasteiger partial charge in [-0.3, -0.25) is 5.43 Å². The molecule has 0 atom stereocenters. The standard InChI is InChI=1S/C18H19ClFN5S/c19-14-3-1-2-4-16(14)24-7-9-25(10-8-24)17-6-5-13(11-15(17)20)12-22-23-18(21)26/h1-6,11-12H,7-10H2,(H3,21,23,26)/b22-12+. The lowest BCUT2D eigenvalue weighted by Crippen LogP contribution is -2.46. The highest BCUT2D eigenvalue weighted by atomic mass is 35.5. The van der Waals surface area contributed by atoms with Crippen LogP contribution in [0.2, 0.25) is 5.02 Å². The Balaban J connectivity index is 1.65. The molecule has 0 amide bonds. The first kappa shape index (κ1) is 18.4. The van der Waals surface area contributed by atoms with Gasteiger partial charge in [0.25, 0.3) is 0 Å². The van der Waals surface area contributed by atoms with Crippen molar-refractivity contribution in [1.29, 1.82) is 0 Å². The highest BCUT2D eigenvalue weighted by molar-refractivity contribution is 7.80. The molecule has 5 nitrogen and oxygen atoms in total. The average Bonchev–Trinajstić information content (AvgIpc) is 2.62. The molecule has 1 heterocycles. The Labute approximate surface area is 162 Å². The Morgan fingerprint density at radius 3 is 2.38 bits per heavy atom. The van der Waals surface area contributed by atoms with E-state index >= 15 is 0 Å². The lowest BCUT2D eigenvalue weighted by atomic mass is 10.1. The summed E-state index contributed by atoms with van der Waals surface area (Å²) in [5.74, 6) is -0.282. The zero-order chi connectivity index (χ0) is 18.5. The van der Waals surface area contributed by atoms with Crippen molar-refractivity contribution in [3.63, 3.8) is 0 Å². The number of nitrogens with two attached hydrogens (primary N) is 1. The van der Waals surface area contributed by atoms with Crippen LogP contribution in [0.4, 0.5) is 15.8 Å². The van der Waals surface area contributed by atoms with Gasteiger partial charge in [-0.05, 0) is 42.0 Å². The van der Waals surface area contributed by atoms with Gasteiger partial charge in [0.15, 0.2) is 5.11 Å². The molecule has 136 valence electrons. The number of halogens is 2. The van der Waals surface area contributed by atoms with Crippen LogP contribution in [0.5, 0.6) is 0 Å². The van der Waals surface area contributed by atoms with Gasteiger partial charge in [-0.1, -0.05) is 29.8 Å². The van der Waals surface area contributed by atoms with E-state index in [1.807, 2.05) is 35.2 Å². The molecule has 8 heteroatoms. The molecule has 26 heavy (non-hydrogen) atoms. The molecule has 2 aromatic carbocycles. The lowest BCUT2D eigenvalue weighted by molar-refractivity contribution is 0.598. The third kappa shape index (κ3) is 4.42. The minimum Gasteiger partial charge on any atom is -0.375 e. The fourth-order valence-corrected chi connectivity index (χ4v) is 3.23. The molecule has 1 fully saturated rings. The number of piperazine rings is 1. The van der Waals surface area contributed by atoms with E-state index in [-0.39, 0.29) is 10.9 Å². The number of benzene rings is 2. The molecule has 1 aliphatic heterocycles. The maximum Gasteiger partial charge on any atom is 0.184 e. The number of hydrogen-bond acceptors (Lipinski definition) is 4. The molecule has 1 saturated heterocycles. The first-order valence-electron chi connectivity index (χ1n) is 8.17. The van der Waals surface area contributed by atoms with Crippen LogP contribution in [0.15, 0.2) is 47.6 Å². The van der Waals surface area contributed by atoms with Crippen molar-refractivity contribution >= 4 is 46.5 Å². The third-order valence-electron chi connectivity index (χ3n) is 4.17. The van der Waals surface area contributed by atoms with E-state index in [4.69, 9.17) is 17.3 Å². The normalized spacial score (nSPS) is 14.7. The molecule has 1 aliphatic rings. The van der Waals surface area contributed by atoms with Crippen molar-refractivity contribution in [1.82, 2.24) is 5.43 Å². The summed E-state index contributed by atoms with van der Waals surface area (Å²) in [4.78, 5) is 4.26. The van der Waals surface area contributed by atoms with Crippen LogP contribution in [-0.2, 0) is 0 Å². The van der Waals surface area contributed by atoms with Crippen LogP contribution in [0.3, 0.4) is 0 Å². The second-order valence-electron chi connectivity index (χ2n) is 5.87. The summed E-state index contributed by atoms with van der Waals surface area (Å²) in [6, 6.07) is 12.8. The summed E-state index contributed by atoms with van der Waals surface area (Å²) in [5.41, 5.74) is 9.97. The molecule has 3 rings (SSSR count). The monoisotopic (exact) mass is 391 g/mol. The van der Waals surface area contributed by atoms with Gasteiger partial charge in [-0.25, -0.2) is 4.39 Å². The van der Waals surface area contributed by atoms with Crippen molar-refractivity contribution in [2.24, 2.45) is 10.8 Å². The maximum absolute atomic E-state index is 14.5. The number of hydrazone groups is 1. The quantitative estimate of drug-likeness (QED) is 0.476. The van der Waals surface area contributed by atoms with E-state index in [0.29, 0.717) is 11.3 Å². The Morgan fingerprint density at radius 1 is 1.12 bits per heavy atom. The van der Waals surface area contributed by atoms with Crippen molar-refractivity contribution < 1.29 is 4.39 Å². The molecule has 0 saturated carbocycles. The molecule has 0 bridgehead atoms. The molecular formula is C18H19ClFN5S. The van der Waals surface area contributed by atoms with E-state index < -0.39 is 0 Å². The second kappa shape index (κ2) is 8.33. The number of nitrogens with one attached hydrogen (secondary N) is 1. The number of thiocarbonyl (C=S) groups is 1. The number of hydrogen-bond donors (Lipinski definition) is 2. The predicted molar refractivity (Wildman–Crippen MR) is 110 cm³/mol. The van der Waals surface area contributed by atoms with Gasteiger partial charge in [-0.15, -0.1) is 0 Å². The highest BCUT2D eigenvalue weighted by Gasteiger charge is 2.20. The molecule has 2 aromatic rings. The smallest absolute Gasteiger partial charge is 0.184 e. The van der Waals surface area contributed by atoms with E-state index in [1.165, 1.54) is 12.3 Å². The highest BCUT2D eigenvalue weighted by Crippen LogP contribution is 2.28. The van der Waals surface area contributed by atoms with Crippen molar-refractivity contribution in [2.75, 3.05) is 36.0 Å². The molecule has 3 N–H and O–H groups in total. The number of rotatable bonds is 4. The van der Waals surface area contributed by atoms with E-state index in [1.54, 1.807) is 6.07 Å². The number of anilines is 2. The number of para-hydroxylation sites is 1. The van der Waals surface area contributed by atoms with Crippen LogP contribution in [0, 0.1) is 5.82 Å². The van der Waals surface area contributed by atoms with Crippen LogP contribution in [0.25, 0.3) is 0 Å². The van der Waals surface area contributed by atoms with Gasteiger partial charge in [-0.2, -0.15) is 5.10 Å². The van der Waals surface area contributed by atoms with Crippen molar-refractivity contribution in [2.45, 2.75) is 0 Å². The van der Waals surface area contributed by atoms with Crippen molar-refractivity contribution in [3.05, 3.63) is 58.9 Å². The van der Waals surface area contributed by atoms with Crippen LogP contribution < -0.4 is 21.0 Å². The first-order chi connectivity index (χ1) is 12.5. The van der Waals surface area contributed by atoms with Crippen LogP contribution >= 0.6 is 23.8 Å². The molecule has 0 unspecified atom stereocenters. The third-order valence-corrected chi connectivity index (χ3v) is 4.58. The first-order valence-corrected chi connectivity index (χ1v) is 8.95. The largest absolute Gasteiger partial charge is 0.375 e. The predicted octanol–water partition coefficient (Wildman–Crippen LogP) is 2.97. The Bertz CT molecular complexity index is 821. The Kier molecular flexibility index (Phi) is 5.90. The Morgan fingerprint density at radius 2 is 1.77 bits per heavy atom. The van der Waals surface area contributed by atoms with Gasteiger partial charge in [0.1, 0.15) is 5.82 Å². The summed E-state index contributed by atoms with van der Waals surface area (Å²) in [6.07, 6.45) is 1.47. The SMILES string of the molecule is NC(=S)N/N=C/c1ccc(N2CCN(c3ccccc3Cl)CC2)c(F)c1. The van der Waals surface area contributed by atoms with Gasteiger partial charge < -0.3 is 15.5 Å². The van der Waals surface area contributed by atoms with Gasteiger partial charge >= 0.3 is 0 Å². The molecule has 0 aromatic heterocycles. The average molecular weight is 392 g/mol. The molecule has 0 aliphatic carbocycles.